The first kappa shape index (κ1) is 12.7. The van der Waals surface area contributed by atoms with E-state index in [4.69, 9.17) is 4.74 Å². The molecule has 1 amide bonds. The molecule has 0 aromatic heterocycles. The maximum absolute atomic E-state index is 10.9. The monoisotopic (exact) mass is 203 g/mol. The Bertz CT molecular complexity index is 182. The number of esters is 1. The third-order valence-corrected chi connectivity index (χ3v) is 1.34. The first-order valence-electron chi connectivity index (χ1n) is 4.77. The minimum Gasteiger partial charge on any atom is -0.466 e. The summed E-state index contributed by atoms with van der Waals surface area (Å²) in [5.74, 6) is -0.302. The summed E-state index contributed by atoms with van der Waals surface area (Å²) >= 11 is 0. The Labute approximate surface area is 83.8 Å². The molecular formula is C9H17NO4. The summed E-state index contributed by atoms with van der Waals surface area (Å²) in [5.41, 5.74) is 0. The topological polar surface area (TPSA) is 64.6 Å². The number of carbonyl (C=O) groups excluding carboxylic acids is 2. The fourth-order valence-electron chi connectivity index (χ4n) is 0.737. The third kappa shape index (κ3) is 7.39. The Balaban J connectivity index is 3.34. The van der Waals surface area contributed by atoms with Crippen molar-refractivity contribution in [1.29, 1.82) is 0 Å². The highest BCUT2D eigenvalue weighted by molar-refractivity contribution is 5.71. The molecule has 0 unspecified atom stereocenters. The fraction of sp³-hybridized carbons (Fsp3) is 0.778. The van der Waals surface area contributed by atoms with E-state index in [9.17, 15) is 9.59 Å². The van der Waals surface area contributed by atoms with E-state index in [1.54, 1.807) is 6.92 Å². The van der Waals surface area contributed by atoms with Gasteiger partial charge in [-0.1, -0.05) is 6.92 Å². The lowest BCUT2D eigenvalue weighted by Crippen LogP contribution is -2.27. The van der Waals surface area contributed by atoms with Crippen LogP contribution in [0.1, 0.15) is 26.7 Å². The molecule has 0 aromatic rings. The molecule has 5 nitrogen and oxygen atoms in total. The van der Waals surface area contributed by atoms with E-state index in [1.807, 2.05) is 6.92 Å². The second-order valence-corrected chi connectivity index (χ2v) is 2.62. The van der Waals surface area contributed by atoms with Gasteiger partial charge in [0.1, 0.15) is 0 Å². The number of hydrogen-bond acceptors (Lipinski definition) is 4. The number of alkyl carbamates (subject to hydrolysis) is 1. The van der Waals surface area contributed by atoms with Crippen LogP contribution in [0.4, 0.5) is 4.79 Å². The zero-order valence-corrected chi connectivity index (χ0v) is 8.67. The number of nitrogens with one attached hydrogen (secondary N) is 1. The van der Waals surface area contributed by atoms with E-state index in [2.05, 4.69) is 10.1 Å². The number of hydrogen-bond donors (Lipinski definition) is 1. The van der Waals surface area contributed by atoms with E-state index in [0.29, 0.717) is 13.2 Å². The van der Waals surface area contributed by atoms with Gasteiger partial charge in [0.25, 0.3) is 0 Å². The Morgan fingerprint density at radius 1 is 1.21 bits per heavy atom. The van der Waals surface area contributed by atoms with Crippen LogP contribution in [-0.2, 0) is 14.3 Å². The summed E-state index contributed by atoms with van der Waals surface area (Å²) in [6, 6.07) is 0. The second-order valence-electron chi connectivity index (χ2n) is 2.62. The van der Waals surface area contributed by atoms with Gasteiger partial charge in [-0.15, -0.1) is 0 Å². The summed E-state index contributed by atoms with van der Waals surface area (Å²) in [4.78, 5) is 21.7. The summed E-state index contributed by atoms with van der Waals surface area (Å²) in [5, 5.41) is 2.43. The van der Waals surface area contributed by atoms with Gasteiger partial charge in [0.15, 0.2) is 0 Å². The number of ether oxygens (including phenoxy) is 2. The van der Waals surface area contributed by atoms with Crippen LogP contribution < -0.4 is 5.32 Å². The highest BCUT2D eigenvalue weighted by atomic mass is 16.5. The lowest BCUT2D eigenvalue weighted by atomic mass is 10.4. The largest absolute Gasteiger partial charge is 0.466 e. The lowest BCUT2D eigenvalue weighted by Gasteiger charge is -2.05. The summed E-state index contributed by atoms with van der Waals surface area (Å²) in [6.45, 7) is 4.64. The summed E-state index contributed by atoms with van der Waals surface area (Å²) in [7, 11) is 0. The molecule has 0 radical (unpaired) electrons. The molecule has 5 heteroatoms. The van der Waals surface area contributed by atoms with Crippen molar-refractivity contribution in [2.75, 3.05) is 19.8 Å². The highest BCUT2D eigenvalue weighted by Gasteiger charge is 2.04. The van der Waals surface area contributed by atoms with E-state index >= 15 is 0 Å². The maximum Gasteiger partial charge on any atom is 0.407 e. The highest BCUT2D eigenvalue weighted by Crippen LogP contribution is 1.87. The van der Waals surface area contributed by atoms with Crippen molar-refractivity contribution in [3.05, 3.63) is 0 Å². The molecule has 0 aliphatic rings. The number of carbonyl (C=O) groups is 2. The van der Waals surface area contributed by atoms with Crippen molar-refractivity contribution in [3.63, 3.8) is 0 Å². The lowest BCUT2D eigenvalue weighted by molar-refractivity contribution is -0.143. The van der Waals surface area contributed by atoms with Crippen molar-refractivity contribution < 1.29 is 19.1 Å². The normalized spacial score (nSPS) is 9.29. The smallest absolute Gasteiger partial charge is 0.407 e. The molecule has 0 saturated heterocycles. The molecule has 0 atom stereocenters. The average Bonchev–Trinajstić information content (AvgIpc) is 2.15. The fourth-order valence-corrected chi connectivity index (χ4v) is 0.737. The third-order valence-electron chi connectivity index (χ3n) is 1.34. The van der Waals surface area contributed by atoms with Gasteiger partial charge in [-0.2, -0.15) is 0 Å². The van der Waals surface area contributed by atoms with Gasteiger partial charge >= 0.3 is 12.1 Å². The van der Waals surface area contributed by atoms with E-state index < -0.39 is 6.09 Å². The SMILES string of the molecule is CCCOC(=O)CCNC(=O)OCC. The molecule has 0 aliphatic heterocycles. The van der Waals surface area contributed by atoms with Crippen LogP contribution in [0.15, 0.2) is 0 Å². The molecule has 14 heavy (non-hydrogen) atoms. The van der Waals surface area contributed by atoms with Gasteiger partial charge in [0, 0.05) is 6.54 Å². The van der Waals surface area contributed by atoms with Crippen molar-refractivity contribution in [2.24, 2.45) is 0 Å². The molecule has 82 valence electrons. The van der Waals surface area contributed by atoms with E-state index in [-0.39, 0.29) is 18.9 Å². The predicted octanol–water partition coefficient (Wildman–Crippen LogP) is 1.08. The molecule has 0 spiro atoms. The zero-order valence-electron chi connectivity index (χ0n) is 8.67. The molecule has 0 heterocycles. The van der Waals surface area contributed by atoms with Crippen LogP contribution in [0.25, 0.3) is 0 Å². The Morgan fingerprint density at radius 3 is 2.50 bits per heavy atom. The van der Waals surface area contributed by atoms with Crippen molar-refractivity contribution in [2.45, 2.75) is 26.7 Å². The summed E-state index contributed by atoms with van der Waals surface area (Å²) in [6.07, 6.45) is 0.478. The van der Waals surface area contributed by atoms with Crippen LogP contribution in [-0.4, -0.2) is 31.8 Å². The zero-order chi connectivity index (χ0) is 10.8. The van der Waals surface area contributed by atoms with Crippen LogP contribution in [0.2, 0.25) is 0 Å². The van der Waals surface area contributed by atoms with Gasteiger partial charge < -0.3 is 14.8 Å². The molecule has 0 saturated carbocycles. The van der Waals surface area contributed by atoms with E-state index in [0.717, 1.165) is 6.42 Å². The van der Waals surface area contributed by atoms with Crippen molar-refractivity contribution in [3.8, 4) is 0 Å². The molecule has 0 aliphatic carbocycles. The molecular weight excluding hydrogens is 186 g/mol. The molecule has 0 aromatic carbocycles. The van der Waals surface area contributed by atoms with E-state index in [1.165, 1.54) is 0 Å². The van der Waals surface area contributed by atoms with Gasteiger partial charge in [-0.3, -0.25) is 4.79 Å². The quantitative estimate of drug-likeness (QED) is 0.656. The first-order valence-corrected chi connectivity index (χ1v) is 4.77. The first-order chi connectivity index (χ1) is 6.70. The Kier molecular flexibility index (Phi) is 7.59. The van der Waals surface area contributed by atoms with Crippen LogP contribution in [0.5, 0.6) is 0 Å². The maximum atomic E-state index is 10.9. The number of amides is 1. The van der Waals surface area contributed by atoms with Gasteiger partial charge in [0.05, 0.1) is 19.6 Å². The molecule has 0 fully saturated rings. The van der Waals surface area contributed by atoms with Gasteiger partial charge in [-0.05, 0) is 13.3 Å². The van der Waals surface area contributed by atoms with Crippen LogP contribution >= 0.6 is 0 Å². The molecule has 0 bridgehead atoms. The molecule has 0 rings (SSSR count). The predicted molar refractivity (Wildman–Crippen MR) is 50.9 cm³/mol. The second kappa shape index (κ2) is 8.34. The minimum absolute atomic E-state index is 0.179. The molecule has 1 N–H and O–H groups in total. The summed E-state index contributed by atoms with van der Waals surface area (Å²) < 4.78 is 9.40. The Morgan fingerprint density at radius 2 is 1.93 bits per heavy atom. The van der Waals surface area contributed by atoms with Crippen LogP contribution in [0, 0.1) is 0 Å². The van der Waals surface area contributed by atoms with Gasteiger partial charge in [-0.25, -0.2) is 4.79 Å². The standard InChI is InChI=1S/C9H17NO4/c1-3-7-14-8(11)5-6-10-9(12)13-4-2/h3-7H2,1-2H3,(H,10,12). The average molecular weight is 203 g/mol. The van der Waals surface area contributed by atoms with Gasteiger partial charge in [0.2, 0.25) is 0 Å². The van der Waals surface area contributed by atoms with Crippen molar-refractivity contribution >= 4 is 12.1 Å². The Hall–Kier alpha value is -1.26. The minimum atomic E-state index is -0.504. The van der Waals surface area contributed by atoms with Crippen molar-refractivity contribution in [1.82, 2.24) is 5.32 Å². The van der Waals surface area contributed by atoms with Crippen LogP contribution in [0.3, 0.4) is 0 Å². The number of rotatable bonds is 6.